The van der Waals surface area contributed by atoms with Crippen molar-refractivity contribution in [3.8, 4) is 0 Å². The van der Waals surface area contributed by atoms with E-state index in [4.69, 9.17) is 16.6 Å². The second kappa shape index (κ2) is 7.03. The van der Waals surface area contributed by atoms with E-state index in [1.54, 1.807) is 6.07 Å². The average Bonchev–Trinajstić information content (AvgIpc) is 3.01. The van der Waals surface area contributed by atoms with Gasteiger partial charge in [-0.3, -0.25) is 20.2 Å². The first-order valence-corrected chi connectivity index (χ1v) is 9.78. The van der Waals surface area contributed by atoms with Gasteiger partial charge in [-0.15, -0.1) is 0 Å². The van der Waals surface area contributed by atoms with Crippen LogP contribution in [0.5, 0.6) is 0 Å². The molecule has 27 heavy (non-hydrogen) atoms. The Balaban J connectivity index is 1.99. The van der Waals surface area contributed by atoms with E-state index < -0.39 is 11.8 Å². The molecule has 1 fully saturated rings. The Bertz CT molecular complexity index is 1130. The van der Waals surface area contributed by atoms with E-state index in [0.717, 1.165) is 14.3 Å². The Kier molecular flexibility index (Phi) is 4.71. The van der Waals surface area contributed by atoms with Crippen LogP contribution in [0, 0.1) is 0 Å². The molecule has 3 aromatic rings. The van der Waals surface area contributed by atoms with Crippen molar-refractivity contribution in [2.75, 3.05) is 0 Å². The number of carbonyl (C=O) groups is 2. The van der Waals surface area contributed by atoms with Crippen LogP contribution in [0.3, 0.4) is 0 Å². The van der Waals surface area contributed by atoms with Crippen LogP contribution in [0.4, 0.5) is 0 Å². The van der Waals surface area contributed by atoms with Crippen LogP contribution in [0.15, 0.2) is 67.5 Å². The Morgan fingerprint density at radius 3 is 2.19 bits per heavy atom. The third kappa shape index (κ3) is 3.47. The molecule has 0 radical (unpaired) electrons. The monoisotopic (exact) mass is 504 g/mol. The number of hydrogen-bond acceptors (Lipinski definition) is 4. The molecular formula is C19H10Br2N2O3S. The van der Waals surface area contributed by atoms with Gasteiger partial charge in [0.15, 0.2) is 5.11 Å². The Morgan fingerprint density at radius 2 is 1.52 bits per heavy atom. The van der Waals surface area contributed by atoms with Gasteiger partial charge in [0.1, 0.15) is 16.9 Å². The Labute approximate surface area is 176 Å². The van der Waals surface area contributed by atoms with E-state index in [1.807, 2.05) is 42.5 Å². The number of halogens is 2. The van der Waals surface area contributed by atoms with E-state index in [-0.39, 0.29) is 10.7 Å². The lowest BCUT2D eigenvalue weighted by molar-refractivity contribution is -0.123. The van der Waals surface area contributed by atoms with E-state index in [9.17, 15) is 9.59 Å². The molecule has 134 valence electrons. The quantitative estimate of drug-likeness (QED) is 0.309. The highest BCUT2D eigenvalue weighted by molar-refractivity contribution is 9.10. The lowest BCUT2D eigenvalue weighted by Crippen LogP contribution is -2.51. The number of thiocarbonyl (C=S) groups is 1. The molecule has 1 aliphatic heterocycles. The summed E-state index contributed by atoms with van der Waals surface area (Å²) in [6, 6.07) is 14.7. The number of furan rings is 1. The molecule has 0 aliphatic carbocycles. The van der Waals surface area contributed by atoms with Crippen LogP contribution in [0.2, 0.25) is 0 Å². The highest BCUT2D eigenvalue weighted by Crippen LogP contribution is 2.34. The second-order valence-corrected chi connectivity index (χ2v) is 8.03. The first-order valence-electron chi connectivity index (χ1n) is 7.79. The third-order valence-corrected chi connectivity index (χ3v) is 5.24. The van der Waals surface area contributed by atoms with Crippen LogP contribution in [0.25, 0.3) is 16.5 Å². The first-order chi connectivity index (χ1) is 12.9. The molecule has 1 aromatic heterocycles. The summed E-state index contributed by atoms with van der Waals surface area (Å²) in [6.45, 7) is 0. The predicted octanol–water partition coefficient (Wildman–Crippen LogP) is 4.29. The van der Waals surface area contributed by atoms with Gasteiger partial charge in [-0.05, 0) is 54.2 Å². The van der Waals surface area contributed by atoms with Gasteiger partial charge in [-0.2, -0.15) is 0 Å². The maximum absolute atomic E-state index is 12.6. The van der Waals surface area contributed by atoms with Crippen LogP contribution in [-0.4, -0.2) is 16.9 Å². The molecule has 2 heterocycles. The van der Waals surface area contributed by atoms with Crippen LogP contribution >= 0.6 is 44.1 Å². The molecule has 0 spiro atoms. The molecule has 0 atom stereocenters. The maximum Gasteiger partial charge on any atom is 0.263 e. The molecule has 1 saturated heterocycles. The number of fused-ring (bicyclic) bond motifs is 1. The zero-order chi connectivity index (χ0) is 19.1. The van der Waals surface area contributed by atoms with Crippen molar-refractivity contribution in [3.05, 3.63) is 74.4 Å². The van der Waals surface area contributed by atoms with Crippen molar-refractivity contribution in [2.24, 2.45) is 0 Å². The molecule has 5 nitrogen and oxygen atoms in total. The van der Waals surface area contributed by atoms with E-state index in [2.05, 4.69) is 42.5 Å². The van der Waals surface area contributed by atoms with E-state index in [0.29, 0.717) is 22.5 Å². The van der Waals surface area contributed by atoms with Crippen LogP contribution in [-0.2, 0) is 9.59 Å². The van der Waals surface area contributed by atoms with Gasteiger partial charge in [0.05, 0.1) is 0 Å². The van der Waals surface area contributed by atoms with Gasteiger partial charge in [0.25, 0.3) is 11.8 Å². The highest BCUT2D eigenvalue weighted by atomic mass is 79.9. The Hall–Kier alpha value is -2.29. The highest BCUT2D eigenvalue weighted by Gasteiger charge is 2.31. The number of rotatable bonds is 2. The number of nitrogens with one attached hydrogen (secondary N) is 2. The van der Waals surface area contributed by atoms with Crippen molar-refractivity contribution in [2.45, 2.75) is 0 Å². The summed E-state index contributed by atoms with van der Waals surface area (Å²) in [5.74, 6) is -0.717. The maximum atomic E-state index is 12.6. The van der Waals surface area contributed by atoms with Crippen molar-refractivity contribution in [1.82, 2.24) is 10.6 Å². The van der Waals surface area contributed by atoms with Gasteiger partial charge in [0, 0.05) is 19.9 Å². The number of amides is 2. The third-order valence-electron chi connectivity index (χ3n) is 4.02. The minimum absolute atomic E-state index is 0.0163. The molecule has 2 aromatic carbocycles. The summed E-state index contributed by atoms with van der Waals surface area (Å²) in [5, 5.41) is 5.79. The minimum Gasteiger partial charge on any atom is -0.456 e. The van der Waals surface area contributed by atoms with E-state index in [1.165, 1.54) is 0 Å². The molecule has 0 saturated carbocycles. The summed E-state index contributed by atoms with van der Waals surface area (Å²) in [7, 11) is 0. The summed E-state index contributed by atoms with van der Waals surface area (Å²) in [5.41, 5.74) is 1.66. The van der Waals surface area contributed by atoms with Gasteiger partial charge in [0.2, 0.25) is 0 Å². The topological polar surface area (TPSA) is 71.3 Å². The fourth-order valence-electron chi connectivity index (χ4n) is 2.86. The summed E-state index contributed by atoms with van der Waals surface area (Å²) < 4.78 is 7.74. The van der Waals surface area contributed by atoms with Crippen molar-refractivity contribution in [3.63, 3.8) is 0 Å². The predicted molar refractivity (Wildman–Crippen MR) is 113 cm³/mol. The molecule has 0 bridgehead atoms. The number of benzene rings is 2. The molecule has 2 amide bonds. The smallest absolute Gasteiger partial charge is 0.263 e. The SMILES string of the molecule is O=C1NC(=S)NC(=O)C1=C(c1ccc(Br)cc1)c1cc2cc(Br)ccc2o1. The minimum atomic E-state index is -0.566. The number of hydrogen-bond donors (Lipinski definition) is 2. The van der Waals surface area contributed by atoms with Gasteiger partial charge in [-0.25, -0.2) is 0 Å². The molecule has 4 rings (SSSR count). The summed E-state index contributed by atoms with van der Waals surface area (Å²) in [6.07, 6.45) is 0. The molecular weight excluding hydrogens is 496 g/mol. The van der Waals surface area contributed by atoms with Gasteiger partial charge >= 0.3 is 0 Å². The Morgan fingerprint density at radius 1 is 0.889 bits per heavy atom. The van der Waals surface area contributed by atoms with Crippen molar-refractivity contribution in [1.29, 1.82) is 0 Å². The molecule has 8 heteroatoms. The van der Waals surface area contributed by atoms with Gasteiger partial charge in [-0.1, -0.05) is 44.0 Å². The largest absolute Gasteiger partial charge is 0.456 e. The van der Waals surface area contributed by atoms with Crippen molar-refractivity contribution >= 4 is 77.5 Å². The van der Waals surface area contributed by atoms with Crippen molar-refractivity contribution < 1.29 is 14.0 Å². The number of carbonyl (C=O) groups excluding carboxylic acids is 2. The second-order valence-electron chi connectivity index (χ2n) is 5.79. The zero-order valence-corrected chi connectivity index (χ0v) is 17.5. The van der Waals surface area contributed by atoms with Gasteiger partial charge < -0.3 is 4.42 Å². The molecule has 1 aliphatic rings. The standard InChI is InChI=1S/C19H10Br2N2O3S/c20-11-3-1-9(2-4-11)15(16-17(24)22-19(27)23-18(16)25)14-8-10-7-12(21)5-6-13(10)26-14/h1-8H,(H2,22,23,24,25,27). The normalized spacial score (nSPS) is 14.3. The summed E-state index contributed by atoms with van der Waals surface area (Å²) in [4.78, 5) is 25.1. The molecule has 0 unspecified atom stereocenters. The fraction of sp³-hybridized carbons (Fsp3) is 0. The molecule has 2 N–H and O–H groups in total. The lowest BCUT2D eigenvalue weighted by Gasteiger charge is -2.19. The van der Waals surface area contributed by atoms with Crippen LogP contribution in [0.1, 0.15) is 11.3 Å². The zero-order valence-electron chi connectivity index (χ0n) is 13.5. The lowest BCUT2D eigenvalue weighted by atomic mass is 9.95. The fourth-order valence-corrected chi connectivity index (χ4v) is 3.68. The van der Waals surface area contributed by atoms with Crippen LogP contribution < -0.4 is 10.6 Å². The average molecular weight is 506 g/mol. The summed E-state index contributed by atoms with van der Waals surface area (Å²) >= 11 is 11.7. The van der Waals surface area contributed by atoms with E-state index >= 15 is 0 Å². The first kappa shape index (κ1) is 18.1.